The molecule has 0 radical (unpaired) electrons. The van der Waals surface area contributed by atoms with Crippen molar-refractivity contribution in [2.24, 2.45) is 0 Å². The maximum absolute atomic E-state index is 13.8. The van der Waals surface area contributed by atoms with Crippen molar-refractivity contribution in [1.29, 1.82) is 0 Å². The number of para-hydroxylation sites is 1. The molecule has 1 aliphatic rings. The molecule has 0 aliphatic carbocycles. The van der Waals surface area contributed by atoms with Gasteiger partial charge in [-0.2, -0.15) is 4.37 Å². The Hall–Kier alpha value is -3.41. The Kier molecular flexibility index (Phi) is 6.22. The Morgan fingerprint density at radius 1 is 1.26 bits per heavy atom. The largest absolute Gasteiger partial charge is 0.331 e. The normalized spacial score (nSPS) is 16.0. The standard InChI is InChI=1S/C23H22N6O3S2/c1-15-13-24-10-11-27(15)23(30)28(19-14-33-20-9-5-3-7-17(19)20)22-25-21(26-34-22)12-16-6-2-4-8-18(16)29(31)32/h2-9,14-15,24H,10-13H2,1H3. The molecule has 1 atom stereocenters. The number of thiophene rings is 1. The average Bonchev–Trinajstić information content (AvgIpc) is 3.47. The number of anilines is 2. The van der Waals surface area contributed by atoms with Gasteiger partial charge < -0.3 is 10.2 Å². The van der Waals surface area contributed by atoms with E-state index in [0.717, 1.165) is 40.4 Å². The Morgan fingerprint density at radius 2 is 2.06 bits per heavy atom. The van der Waals surface area contributed by atoms with Gasteiger partial charge in [0.2, 0.25) is 5.13 Å². The fourth-order valence-electron chi connectivity index (χ4n) is 4.09. The number of urea groups is 1. The van der Waals surface area contributed by atoms with Crippen molar-refractivity contribution < 1.29 is 9.72 Å². The van der Waals surface area contributed by atoms with Crippen LogP contribution in [0.4, 0.5) is 21.3 Å². The highest BCUT2D eigenvalue weighted by atomic mass is 32.1. The van der Waals surface area contributed by atoms with E-state index in [1.165, 1.54) is 6.07 Å². The van der Waals surface area contributed by atoms with Gasteiger partial charge in [-0.1, -0.05) is 36.4 Å². The number of nitro groups is 1. The number of benzene rings is 2. The van der Waals surface area contributed by atoms with Crippen molar-refractivity contribution >= 4 is 55.5 Å². The van der Waals surface area contributed by atoms with E-state index in [1.54, 1.807) is 34.4 Å². The van der Waals surface area contributed by atoms with E-state index >= 15 is 0 Å². The summed E-state index contributed by atoms with van der Waals surface area (Å²) in [6.45, 7) is 4.07. The molecule has 1 fully saturated rings. The third kappa shape index (κ3) is 4.25. The molecule has 5 rings (SSSR count). The van der Waals surface area contributed by atoms with Crippen molar-refractivity contribution in [3.8, 4) is 0 Å². The second-order valence-corrected chi connectivity index (χ2v) is 9.68. The summed E-state index contributed by atoms with van der Waals surface area (Å²) in [6.07, 6.45) is 0.212. The minimum absolute atomic E-state index is 0.0326. The van der Waals surface area contributed by atoms with Gasteiger partial charge in [0.05, 0.1) is 10.6 Å². The zero-order valence-corrected chi connectivity index (χ0v) is 20.0. The molecule has 34 heavy (non-hydrogen) atoms. The number of carbonyl (C=O) groups is 1. The topological polar surface area (TPSA) is 105 Å². The van der Waals surface area contributed by atoms with Gasteiger partial charge in [0.25, 0.3) is 5.69 Å². The summed E-state index contributed by atoms with van der Waals surface area (Å²) in [4.78, 5) is 33.0. The number of carbonyl (C=O) groups excluding carboxylic acids is 1. The molecule has 2 aromatic carbocycles. The molecule has 2 amide bonds. The minimum atomic E-state index is -0.401. The zero-order chi connectivity index (χ0) is 23.7. The highest BCUT2D eigenvalue weighted by Crippen LogP contribution is 2.38. The summed E-state index contributed by atoms with van der Waals surface area (Å²) in [5.74, 6) is 0.444. The molecule has 1 N–H and O–H groups in total. The first-order chi connectivity index (χ1) is 16.5. The third-order valence-electron chi connectivity index (χ3n) is 5.83. The summed E-state index contributed by atoms with van der Waals surface area (Å²) >= 11 is 2.70. The van der Waals surface area contributed by atoms with Gasteiger partial charge in [-0.05, 0) is 13.0 Å². The van der Waals surface area contributed by atoms with Crippen molar-refractivity contribution in [3.05, 3.63) is 75.4 Å². The number of hydrogen-bond donors (Lipinski definition) is 1. The summed E-state index contributed by atoms with van der Waals surface area (Å²) in [5.41, 5.74) is 1.33. The Morgan fingerprint density at radius 3 is 2.88 bits per heavy atom. The van der Waals surface area contributed by atoms with E-state index in [1.807, 2.05) is 41.5 Å². The first-order valence-corrected chi connectivity index (χ1v) is 12.5. The molecule has 3 heterocycles. The fourth-order valence-corrected chi connectivity index (χ4v) is 5.72. The van der Waals surface area contributed by atoms with Crippen LogP contribution in [-0.2, 0) is 6.42 Å². The molecule has 11 heteroatoms. The highest BCUT2D eigenvalue weighted by Gasteiger charge is 2.32. The molecule has 9 nitrogen and oxygen atoms in total. The van der Waals surface area contributed by atoms with Crippen molar-refractivity contribution in [2.75, 3.05) is 24.5 Å². The first kappa shape index (κ1) is 22.4. The molecule has 0 bridgehead atoms. The second kappa shape index (κ2) is 9.45. The van der Waals surface area contributed by atoms with Crippen LogP contribution in [0.15, 0.2) is 53.9 Å². The Balaban J connectivity index is 1.53. The second-order valence-electron chi connectivity index (χ2n) is 8.04. The molecule has 4 aromatic rings. The molecule has 0 spiro atoms. The highest BCUT2D eigenvalue weighted by molar-refractivity contribution is 7.18. The molecular formula is C23H22N6O3S2. The lowest BCUT2D eigenvalue weighted by atomic mass is 10.1. The number of nitrogens with one attached hydrogen (secondary N) is 1. The van der Waals surface area contributed by atoms with Crippen LogP contribution in [0.3, 0.4) is 0 Å². The van der Waals surface area contributed by atoms with Crippen LogP contribution in [-0.4, -0.2) is 50.9 Å². The van der Waals surface area contributed by atoms with Crippen LogP contribution >= 0.6 is 22.9 Å². The maximum atomic E-state index is 13.8. The van der Waals surface area contributed by atoms with Crippen LogP contribution in [0.25, 0.3) is 10.1 Å². The molecule has 174 valence electrons. The number of rotatable bonds is 5. The van der Waals surface area contributed by atoms with Crippen LogP contribution in [0.2, 0.25) is 0 Å². The molecule has 2 aromatic heterocycles. The van der Waals surface area contributed by atoms with E-state index < -0.39 is 4.92 Å². The Bertz CT molecular complexity index is 1350. The lowest BCUT2D eigenvalue weighted by Gasteiger charge is -2.36. The summed E-state index contributed by atoms with van der Waals surface area (Å²) in [7, 11) is 0. The van der Waals surface area contributed by atoms with Gasteiger partial charge in [0.15, 0.2) is 0 Å². The first-order valence-electron chi connectivity index (χ1n) is 10.9. The Labute approximate surface area is 204 Å². The zero-order valence-electron chi connectivity index (χ0n) is 18.4. The lowest BCUT2D eigenvalue weighted by Crippen LogP contribution is -2.55. The minimum Gasteiger partial charge on any atom is -0.319 e. The predicted octanol–water partition coefficient (Wildman–Crippen LogP) is 4.80. The van der Waals surface area contributed by atoms with Crippen LogP contribution in [0, 0.1) is 10.1 Å². The molecular weight excluding hydrogens is 472 g/mol. The van der Waals surface area contributed by atoms with Gasteiger partial charge in [-0.3, -0.25) is 10.1 Å². The van der Waals surface area contributed by atoms with Crippen LogP contribution < -0.4 is 10.2 Å². The van der Waals surface area contributed by atoms with Gasteiger partial charge in [-0.15, -0.1) is 11.3 Å². The van der Waals surface area contributed by atoms with Gasteiger partial charge in [0, 0.05) is 70.7 Å². The van der Waals surface area contributed by atoms with Crippen LogP contribution in [0.1, 0.15) is 18.3 Å². The summed E-state index contributed by atoms with van der Waals surface area (Å²) < 4.78 is 5.53. The number of piperazine rings is 1. The smallest absolute Gasteiger partial charge is 0.319 e. The van der Waals surface area contributed by atoms with Gasteiger partial charge in [-0.25, -0.2) is 14.7 Å². The maximum Gasteiger partial charge on any atom is 0.331 e. The molecule has 0 saturated carbocycles. The summed E-state index contributed by atoms with van der Waals surface area (Å²) in [6, 6.07) is 14.4. The molecule has 1 saturated heterocycles. The van der Waals surface area contributed by atoms with E-state index in [-0.39, 0.29) is 24.2 Å². The number of fused-ring (bicyclic) bond motifs is 1. The lowest BCUT2D eigenvalue weighted by molar-refractivity contribution is -0.385. The van der Waals surface area contributed by atoms with E-state index in [4.69, 9.17) is 0 Å². The number of hydrogen-bond acceptors (Lipinski definition) is 8. The number of amides is 2. The average molecular weight is 495 g/mol. The number of nitro benzene ring substituents is 1. The van der Waals surface area contributed by atoms with Crippen LogP contribution in [0.5, 0.6) is 0 Å². The molecule has 1 unspecified atom stereocenters. The monoisotopic (exact) mass is 494 g/mol. The van der Waals surface area contributed by atoms with E-state index in [0.29, 0.717) is 23.1 Å². The molecule has 1 aliphatic heterocycles. The van der Waals surface area contributed by atoms with Crippen molar-refractivity contribution in [2.45, 2.75) is 19.4 Å². The fraction of sp³-hybridized carbons (Fsp3) is 0.261. The number of aromatic nitrogens is 2. The predicted molar refractivity (Wildman–Crippen MR) is 134 cm³/mol. The van der Waals surface area contributed by atoms with Gasteiger partial charge >= 0.3 is 6.03 Å². The number of nitrogens with zero attached hydrogens (tertiary/aromatic N) is 5. The van der Waals surface area contributed by atoms with E-state index in [2.05, 4.69) is 14.7 Å². The van der Waals surface area contributed by atoms with Crippen molar-refractivity contribution in [1.82, 2.24) is 19.6 Å². The van der Waals surface area contributed by atoms with E-state index in [9.17, 15) is 14.9 Å². The summed E-state index contributed by atoms with van der Waals surface area (Å²) in [5, 5.41) is 18.1. The quantitative estimate of drug-likeness (QED) is 0.316. The third-order valence-corrected chi connectivity index (χ3v) is 7.52. The van der Waals surface area contributed by atoms with Gasteiger partial charge in [0.1, 0.15) is 5.82 Å². The SMILES string of the molecule is CC1CNCCN1C(=O)N(c1nc(Cc2ccccc2[N+](=O)[O-])ns1)c1csc2ccccc12. The van der Waals surface area contributed by atoms with Crippen molar-refractivity contribution in [3.63, 3.8) is 0 Å².